The molecule has 5 nitrogen and oxygen atoms in total. The molecule has 0 bridgehead atoms. The van der Waals surface area contributed by atoms with Gasteiger partial charge in [0.2, 0.25) is 0 Å². The molecule has 2 heterocycles. The van der Waals surface area contributed by atoms with Gasteiger partial charge < -0.3 is 19.7 Å². The average Bonchev–Trinajstić information content (AvgIpc) is 3.36. The van der Waals surface area contributed by atoms with Gasteiger partial charge in [0.1, 0.15) is 6.10 Å². The van der Waals surface area contributed by atoms with Crippen LogP contribution in [0.3, 0.4) is 0 Å². The Bertz CT molecular complexity index is 802. The highest BCUT2D eigenvalue weighted by molar-refractivity contribution is 5.97. The van der Waals surface area contributed by atoms with Gasteiger partial charge in [-0.2, -0.15) is 0 Å². The van der Waals surface area contributed by atoms with Crippen molar-refractivity contribution in [2.75, 3.05) is 30.0 Å². The summed E-state index contributed by atoms with van der Waals surface area (Å²) in [5.41, 5.74) is 4.38. The van der Waals surface area contributed by atoms with Crippen molar-refractivity contribution in [2.24, 2.45) is 0 Å². The van der Waals surface area contributed by atoms with Crippen LogP contribution >= 0.6 is 0 Å². The number of benzene rings is 2. The van der Waals surface area contributed by atoms with Gasteiger partial charge in [-0.25, -0.2) is 0 Å². The van der Waals surface area contributed by atoms with E-state index in [1.807, 2.05) is 18.2 Å². The van der Waals surface area contributed by atoms with E-state index in [1.54, 1.807) is 6.92 Å². The number of hydrogen-bond donors (Lipinski definition) is 1. The highest BCUT2D eigenvalue weighted by Crippen LogP contribution is 2.38. The van der Waals surface area contributed by atoms with Crippen molar-refractivity contribution >= 4 is 23.0 Å². The minimum atomic E-state index is -0.520. The Hall–Kier alpha value is -2.37. The Kier molecular flexibility index (Phi) is 5.41. The molecule has 1 fully saturated rings. The summed E-state index contributed by atoms with van der Waals surface area (Å²) in [5, 5.41) is 3.05. The Morgan fingerprint density at radius 1 is 1.22 bits per heavy atom. The fourth-order valence-electron chi connectivity index (χ4n) is 3.74. The number of nitrogens with one attached hydrogen (secondary N) is 1. The van der Waals surface area contributed by atoms with E-state index in [1.165, 1.54) is 11.3 Å². The maximum absolute atomic E-state index is 12.6. The van der Waals surface area contributed by atoms with Crippen molar-refractivity contribution in [2.45, 2.75) is 38.4 Å². The van der Waals surface area contributed by atoms with Gasteiger partial charge in [-0.1, -0.05) is 30.3 Å². The minimum Gasteiger partial charge on any atom is -0.376 e. The zero-order valence-electron chi connectivity index (χ0n) is 15.7. The Morgan fingerprint density at radius 3 is 2.81 bits per heavy atom. The first-order valence-corrected chi connectivity index (χ1v) is 9.71. The van der Waals surface area contributed by atoms with Crippen LogP contribution in [0.1, 0.15) is 25.3 Å². The van der Waals surface area contributed by atoms with Crippen LogP contribution in [-0.2, 0) is 20.7 Å². The molecule has 2 unspecified atom stereocenters. The number of ether oxygens (including phenoxy) is 2. The minimum absolute atomic E-state index is 0.119. The van der Waals surface area contributed by atoms with Crippen LogP contribution < -0.4 is 10.2 Å². The Morgan fingerprint density at radius 2 is 2.00 bits per heavy atom. The Balaban J connectivity index is 1.44. The fourth-order valence-corrected chi connectivity index (χ4v) is 3.74. The van der Waals surface area contributed by atoms with Crippen molar-refractivity contribution in [3.63, 3.8) is 0 Å². The van der Waals surface area contributed by atoms with Crippen LogP contribution in [0.2, 0.25) is 0 Å². The van der Waals surface area contributed by atoms with Crippen LogP contribution in [0.4, 0.5) is 17.1 Å². The lowest BCUT2D eigenvalue weighted by molar-refractivity contribution is -0.128. The third kappa shape index (κ3) is 3.99. The van der Waals surface area contributed by atoms with Gasteiger partial charge in [0.05, 0.1) is 24.1 Å². The molecule has 2 aliphatic heterocycles. The smallest absolute Gasteiger partial charge is 0.253 e. The second-order valence-electron chi connectivity index (χ2n) is 7.15. The molecule has 0 radical (unpaired) electrons. The highest BCUT2D eigenvalue weighted by atomic mass is 16.5. The molecular weight excluding hydrogens is 340 g/mol. The molecule has 2 aromatic carbocycles. The third-order valence-corrected chi connectivity index (χ3v) is 5.27. The first-order valence-electron chi connectivity index (χ1n) is 9.71. The van der Waals surface area contributed by atoms with E-state index in [-0.39, 0.29) is 12.0 Å². The van der Waals surface area contributed by atoms with Gasteiger partial charge in [-0.15, -0.1) is 0 Å². The summed E-state index contributed by atoms with van der Waals surface area (Å²) < 4.78 is 11.3. The predicted octanol–water partition coefficient (Wildman–Crippen LogP) is 3.90. The van der Waals surface area contributed by atoms with E-state index in [9.17, 15) is 4.79 Å². The predicted molar refractivity (Wildman–Crippen MR) is 107 cm³/mol. The molecule has 0 aliphatic carbocycles. The lowest BCUT2D eigenvalue weighted by Crippen LogP contribution is -2.31. The summed E-state index contributed by atoms with van der Waals surface area (Å²) in [7, 11) is 0. The molecule has 1 saturated heterocycles. The largest absolute Gasteiger partial charge is 0.376 e. The quantitative estimate of drug-likeness (QED) is 0.842. The molecule has 142 valence electrons. The van der Waals surface area contributed by atoms with Crippen LogP contribution in [0, 0.1) is 0 Å². The molecule has 0 spiro atoms. The maximum Gasteiger partial charge on any atom is 0.253 e. The van der Waals surface area contributed by atoms with E-state index in [4.69, 9.17) is 9.47 Å². The standard InChI is InChI=1S/C22H26N2O3/c1-16(27-15-18-8-6-14-26-18)22(25)23-19-9-3-5-11-21(19)24-13-12-17-7-2-4-10-20(17)24/h2-5,7,9-11,16,18H,6,8,12-15H2,1H3,(H,23,25). The highest BCUT2D eigenvalue weighted by Gasteiger charge is 2.24. The van der Waals surface area contributed by atoms with Gasteiger partial charge in [0.25, 0.3) is 5.91 Å². The zero-order valence-corrected chi connectivity index (χ0v) is 15.7. The van der Waals surface area contributed by atoms with E-state index < -0.39 is 6.10 Å². The monoisotopic (exact) mass is 366 g/mol. The zero-order chi connectivity index (χ0) is 18.6. The summed E-state index contributed by atoms with van der Waals surface area (Å²) in [6, 6.07) is 16.4. The number of carbonyl (C=O) groups excluding carboxylic acids is 1. The number of fused-ring (bicyclic) bond motifs is 1. The molecule has 1 N–H and O–H groups in total. The summed E-state index contributed by atoms with van der Waals surface area (Å²) in [4.78, 5) is 14.9. The van der Waals surface area contributed by atoms with E-state index in [0.717, 1.165) is 43.8 Å². The van der Waals surface area contributed by atoms with E-state index in [0.29, 0.717) is 6.61 Å². The molecule has 2 aromatic rings. The van der Waals surface area contributed by atoms with Crippen LogP contribution in [0.25, 0.3) is 0 Å². The van der Waals surface area contributed by atoms with Gasteiger partial charge >= 0.3 is 0 Å². The molecule has 27 heavy (non-hydrogen) atoms. The van der Waals surface area contributed by atoms with Crippen molar-refractivity contribution in [3.8, 4) is 0 Å². The third-order valence-electron chi connectivity index (χ3n) is 5.27. The fraction of sp³-hybridized carbons (Fsp3) is 0.409. The van der Waals surface area contributed by atoms with Crippen LogP contribution in [0.5, 0.6) is 0 Å². The molecule has 0 saturated carbocycles. The van der Waals surface area contributed by atoms with Gasteiger partial charge in [0.15, 0.2) is 0 Å². The molecular formula is C22H26N2O3. The number of nitrogens with zero attached hydrogens (tertiary/aromatic N) is 1. The van der Waals surface area contributed by atoms with Gasteiger partial charge in [0, 0.05) is 18.8 Å². The molecule has 2 aliphatic rings. The number of amides is 1. The van der Waals surface area contributed by atoms with Crippen molar-refractivity contribution in [1.82, 2.24) is 0 Å². The van der Waals surface area contributed by atoms with Crippen LogP contribution in [0.15, 0.2) is 48.5 Å². The van der Waals surface area contributed by atoms with Crippen LogP contribution in [-0.4, -0.2) is 37.9 Å². The van der Waals surface area contributed by atoms with Crippen molar-refractivity contribution < 1.29 is 14.3 Å². The Labute approximate surface area is 160 Å². The number of rotatable bonds is 6. The maximum atomic E-state index is 12.6. The first kappa shape index (κ1) is 18.0. The lowest BCUT2D eigenvalue weighted by atomic mass is 10.1. The second-order valence-corrected chi connectivity index (χ2v) is 7.15. The number of carbonyl (C=O) groups is 1. The summed E-state index contributed by atoms with van der Waals surface area (Å²) in [5.74, 6) is -0.132. The van der Waals surface area contributed by atoms with Crippen molar-refractivity contribution in [1.29, 1.82) is 0 Å². The first-order chi connectivity index (χ1) is 13.2. The van der Waals surface area contributed by atoms with Gasteiger partial charge in [-0.05, 0) is 49.9 Å². The topological polar surface area (TPSA) is 50.8 Å². The molecule has 0 aromatic heterocycles. The van der Waals surface area contributed by atoms with Crippen molar-refractivity contribution in [3.05, 3.63) is 54.1 Å². The average molecular weight is 366 g/mol. The molecule has 4 rings (SSSR count). The molecule has 1 amide bonds. The SMILES string of the molecule is CC(OCC1CCCO1)C(=O)Nc1ccccc1N1CCc2ccccc21. The number of para-hydroxylation sites is 3. The van der Waals surface area contributed by atoms with Gasteiger partial charge in [-0.3, -0.25) is 4.79 Å². The van der Waals surface area contributed by atoms with E-state index >= 15 is 0 Å². The van der Waals surface area contributed by atoms with E-state index in [2.05, 4.69) is 40.5 Å². The normalized spacial score (nSPS) is 19.7. The number of hydrogen-bond acceptors (Lipinski definition) is 4. The lowest BCUT2D eigenvalue weighted by Gasteiger charge is -2.24. The number of anilines is 3. The molecule has 5 heteroatoms. The summed E-state index contributed by atoms with van der Waals surface area (Å²) >= 11 is 0. The second kappa shape index (κ2) is 8.11. The molecule has 2 atom stereocenters. The summed E-state index contributed by atoms with van der Waals surface area (Å²) in [6.07, 6.45) is 2.69. The summed E-state index contributed by atoms with van der Waals surface area (Å²) in [6.45, 7) is 3.96.